The molecule has 2 N–H and O–H groups in total. The van der Waals surface area contributed by atoms with Crippen molar-refractivity contribution in [1.29, 1.82) is 0 Å². The molecule has 128 valence electrons. The largest absolute Gasteiger partial charge is 0.323 e. The lowest BCUT2D eigenvalue weighted by molar-refractivity contribution is 0.262. The van der Waals surface area contributed by atoms with Crippen LogP contribution in [0.15, 0.2) is 72.8 Å². The topological polar surface area (TPSA) is 54.0 Å². The van der Waals surface area contributed by atoms with Crippen LogP contribution in [0.2, 0.25) is 0 Å². The molecule has 0 saturated heterocycles. The molecule has 4 nitrogen and oxygen atoms in total. The van der Waals surface area contributed by atoms with Gasteiger partial charge in [0.1, 0.15) is 10.8 Å². The minimum absolute atomic E-state index is 0.135. The molecule has 26 heavy (non-hydrogen) atoms. The van der Waals surface area contributed by atoms with Gasteiger partial charge in [-0.25, -0.2) is 14.2 Å². The van der Waals surface area contributed by atoms with Gasteiger partial charge >= 0.3 is 6.03 Å². The van der Waals surface area contributed by atoms with Crippen molar-refractivity contribution in [3.63, 3.8) is 0 Å². The van der Waals surface area contributed by atoms with Crippen molar-refractivity contribution in [2.24, 2.45) is 0 Å². The van der Waals surface area contributed by atoms with Crippen LogP contribution in [0.4, 0.5) is 20.6 Å². The number of benzene rings is 3. The summed E-state index contributed by atoms with van der Waals surface area (Å²) in [5.74, 6) is -0.478. The highest BCUT2D eigenvalue weighted by Crippen LogP contribution is 2.30. The van der Waals surface area contributed by atoms with E-state index in [-0.39, 0.29) is 5.69 Å². The molecular weight excluding hydrogens is 349 g/mol. The molecule has 0 spiro atoms. The Morgan fingerprint density at radius 3 is 2.38 bits per heavy atom. The van der Waals surface area contributed by atoms with Crippen molar-refractivity contribution in [3.05, 3.63) is 78.6 Å². The third-order valence-corrected chi connectivity index (χ3v) is 4.89. The Morgan fingerprint density at radius 1 is 0.885 bits per heavy atom. The Bertz CT molecular complexity index is 1040. The maximum atomic E-state index is 13.6. The molecule has 0 fully saturated rings. The minimum atomic E-state index is -0.497. The number of amides is 2. The third kappa shape index (κ3) is 3.41. The number of aromatic nitrogens is 1. The smallest absolute Gasteiger partial charge is 0.308 e. The number of urea groups is 1. The van der Waals surface area contributed by atoms with Crippen LogP contribution in [0.3, 0.4) is 0 Å². The number of carbonyl (C=O) groups excluding carboxylic acids is 1. The summed E-state index contributed by atoms with van der Waals surface area (Å²) in [6.07, 6.45) is 0. The first kappa shape index (κ1) is 16.2. The van der Waals surface area contributed by atoms with E-state index in [0.717, 1.165) is 20.8 Å². The fraction of sp³-hybridized carbons (Fsp3) is 0. The van der Waals surface area contributed by atoms with Crippen LogP contribution in [-0.2, 0) is 0 Å². The second-order valence-corrected chi connectivity index (χ2v) is 6.65. The van der Waals surface area contributed by atoms with Gasteiger partial charge in [-0.05, 0) is 48.5 Å². The second-order valence-electron chi connectivity index (χ2n) is 5.62. The molecule has 0 unspecified atom stereocenters. The van der Waals surface area contributed by atoms with Crippen molar-refractivity contribution in [2.45, 2.75) is 0 Å². The van der Waals surface area contributed by atoms with Gasteiger partial charge < -0.3 is 10.6 Å². The van der Waals surface area contributed by atoms with Crippen molar-refractivity contribution >= 4 is 39.0 Å². The molecule has 3 aromatic carbocycles. The number of rotatable bonds is 3. The number of fused-ring (bicyclic) bond motifs is 1. The summed E-state index contributed by atoms with van der Waals surface area (Å²) in [7, 11) is 0. The maximum absolute atomic E-state index is 13.6. The standard InChI is InChI=1S/C20H14FN3OS/c21-15-5-1-2-6-16(15)24-20(25)22-14-11-9-13(10-12-14)19-23-17-7-3-4-8-18(17)26-19/h1-12H,(H2,22,24,25). The monoisotopic (exact) mass is 363 g/mol. The molecule has 0 bridgehead atoms. The van der Waals surface area contributed by atoms with E-state index in [9.17, 15) is 9.18 Å². The summed E-state index contributed by atoms with van der Waals surface area (Å²) in [6.45, 7) is 0. The van der Waals surface area contributed by atoms with E-state index in [1.54, 1.807) is 35.6 Å². The zero-order chi connectivity index (χ0) is 17.9. The number of hydrogen-bond acceptors (Lipinski definition) is 3. The van der Waals surface area contributed by atoms with Gasteiger partial charge in [-0.15, -0.1) is 11.3 Å². The number of halogens is 1. The van der Waals surface area contributed by atoms with Gasteiger partial charge in [0.05, 0.1) is 15.9 Å². The average Bonchev–Trinajstić information content (AvgIpc) is 3.08. The van der Waals surface area contributed by atoms with E-state index in [1.165, 1.54) is 12.1 Å². The average molecular weight is 363 g/mol. The van der Waals surface area contributed by atoms with E-state index in [4.69, 9.17) is 0 Å². The van der Waals surface area contributed by atoms with Crippen LogP contribution in [0, 0.1) is 5.82 Å². The van der Waals surface area contributed by atoms with Gasteiger partial charge in [0.15, 0.2) is 0 Å². The van der Waals surface area contributed by atoms with Crippen molar-refractivity contribution in [1.82, 2.24) is 4.98 Å². The zero-order valence-electron chi connectivity index (χ0n) is 13.6. The quantitative estimate of drug-likeness (QED) is 0.487. The Balaban J connectivity index is 1.47. The predicted molar refractivity (Wildman–Crippen MR) is 104 cm³/mol. The molecule has 0 aliphatic rings. The first-order valence-corrected chi connectivity index (χ1v) is 8.79. The van der Waals surface area contributed by atoms with Crippen LogP contribution in [0.1, 0.15) is 0 Å². The van der Waals surface area contributed by atoms with E-state index < -0.39 is 11.8 Å². The summed E-state index contributed by atoms with van der Waals surface area (Å²) in [4.78, 5) is 16.6. The maximum Gasteiger partial charge on any atom is 0.323 e. The Kier molecular flexibility index (Phi) is 4.33. The summed E-state index contributed by atoms with van der Waals surface area (Å²) < 4.78 is 14.7. The fourth-order valence-corrected chi connectivity index (χ4v) is 3.51. The molecule has 0 radical (unpaired) electrons. The highest BCUT2D eigenvalue weighted by molar-refractivity contribution is 7.21. The number of nitrogens with one attached hydrogen (secondary N) is 2. The lowest BCUT2D eigenvalue weighted by Crippen LogP contribution is -2.20. The van der Waals surface area contributed by atoms with Gasteiger partial charge in [0, 0.05) is 11.3 Å². The molecule has 4 aromatic rings. The SMILES string of the molecule is O=C(Nc1ccc(-c2nc3ccccc3s2)cc1)Nc1ccccc1F. The van der Waals surface area contributed by atoms with Crippen LogP contribution < -0.4 is 10.6 Å². The number of nitrogens with zero attached hydrogens (tertiary/aromatic N) is 1. The molecule has 4 rings (SSSR count). The molecule has 2 amide bonds. The van der Waals surface area contributed by atoms with Gasteiger partial charge in [0.25, 0.3) is 0 Å². The molecule has 6 heteroatoms. The molecule has 0 aliphatic heterocycles. The lowest BCUT2D eigenvalue weighted by Gasteiger charge is -2.08. The van der Waals surface area contributed by atoms with Crippen molar-refractivity contribution in [3.8, 4) is 10.6 Å². The minimum Gasteiger partial charge on any atom is -0.308 e. The van der Waals surface area contributed by atoms with Crippen molar-refractivity contribution in [2.75, 3.05) is 10.6 Å². The molecule has 0 atom stereocenters. The number of hydrogen-bond donors (Lipinski definition) is 2. The number of para-hydroxylation sites is 2. The van der Waals surface area contributed by atoms with Gasteiger partial charge in [0.2, 0.25) is 0 Å². The predicted octanol–water partition coefficient (Wildman–Crippen LogP) is 5.75. The van der Waals surface area contributed by atoms with Gasteiger partial charge in [-0.2, -0.15) is 0 Å². The van der Waals surface area contributed by atoms with Crippen molar-refractivity contribution < 1.29 is 9.18 Å². The van der Waals surface area contributed by atoms with Gasteiger partial charge in [-0.1, -0.05) is 24.3 Å². The molecule has 0 aliphatic carbocycles. The van der Waals surface area contributed by atoms with Crippen LogP contribution in [-0.4, -0.2) is 11.0 Å². The highest BCUT2D eigenvalue weighted by atomic mass is 32.1. The number of anilines is 2. The molecule has 1 aromatic heterocycles. The second kappa shape index (κ2) is 6.93. The Labute approximate surface area is 153 Å². The van der Waals surface area contributed by atoms with E-state index >= 15 is 0 Å². The van der Waals surface area contributed by atoms with E-state index in [2.05, 4.69) is 15.6 Å². The zero-order valence-corrected chi connectivity index (χ0v) is 14.4. The van der Waals surface area contributed by atoms with Gasteiger partial charge in [-0.3, -0.25) is 0 Å². The first-order chi connectivity index (χ1) is 12.7. The Morgan fingerprint density at radius 2 is 1.62 bits per heavy atom. The lowest BCUT2D eigenvalue weighted by atomic mass is 10.2. The Hall–Kier alpha value is -3.25. The molecular formula is C20H14FN3OS. The first-order valence-electron chi connectivity index (χ1n) is 7.97. The fourth-order valence-electron chi connectivity index (χ4n) is 2.54. The molecule has 0 saturated carbocycles. The van der Waals surface area contributed by atoms with Crippen LogP contribution in [0.25, 0.3) is 20.8 Å². The molecule has 1 heterocycles. The normalized spacial score (nSPS) is 10.7. The third-order valence-electron chi connectivity index (χ3n) is 3.81. The number of carbonyl (C=O) groups is 1. The summed E-state index contributed by atoms with van der Waals surface area (Å²) in [6, 6.07) is 20.9. The summed E-state index contributed by atoms with van der Waals surface area (Å²) in [5.41, 5.74) is 2.70. The van der Waals surface area contributed by atoms with Crippen LogP contribution >= 0.6 is 11.3 Å². The van der Waals surface area contributed by atoms with Crippen LogP contribution in [0.5, 0.6) is 0 Å². The van der Waals surface area contributed by atoms with E-state index in [0.29, 0.717) is 5.69 Å². The number of thiazole rings is 1. The summed E-state index contributed by atoms with van der Waals surface area (Å²) in [5, 5.41) is 6.10. The highest BCUT2D eigenvalue weighted by Gasteiger charge is 2.08. The van der Waals surface area contributed by atoms with E-state index in [1.807, 2.05) is 36.4 Å². The summed E-state index contributed by atoms with van der Waals surface area (Å²) >= 11 is 1.62.